The Balaban J connectivity index is 1.36. The van der Waals surface area contributed by atoms with Crippen LogP contribution in [0, 0.1) is 0 Å². The van der Waals surface area contributed by atoms with Gasteiger partial charge in [0.25, 0.3) is 0 Å². The molecule has 1 fully saturated rings. The van der Waals surface area contributed by atoms with Gasteiger partial charge in [-0.15, -0.1) is 0 Å². The van der Waals surface area contributed by atoms with Gasteiger partial charge in [-0.05, 0) is 48.6 Å². The number of sulfonamides is 1. The number of nitrogens with two attached hydrogens (primary N) is 1. The zero-order valence-electron chi connectivity index (χ0n) is 18.3. The van der Waals surface area contributed by atoms with Gasteiger partial charge in [0.05, 0.1) is 4.90 Å². The number of carbonyl (C=O) groups is 1. The van der Waals surface area contributed by atoms with Crippen molar-refractivity contribution in [2.75, 3.05) is 13.1 Å². The quantitative estimate of drug-likeness (QED) is 0.545. The lowest BCUT2D eigenvalue weighted by atomic mass is 9.98. The number of carbonyl (C=O) groups excluding carboxylic acids is 1. The highest BCUT2D eigenvalue weighted by atomic mass is 32.2. The lowest BCUT2D eigenvalue weighted by Gasteiger charge is -2.28. The van der Waals surface area contributed by atoms with Gasteiger partial charge in [-0.1, -0.05) is 31.1 Å². The Bertz CT molecular complexity index is 1320. The minimum Gasteiger partial charge on any atom is -0.346 e. The first-order valence-corrected chi connectivity index (χ1v) is 12.8. The van der Waals surface area contributed by atoms with E-state index in [9.17, 15) is 13.2 Å². The number of rotatable bonds is 4. The van der Waals surface area contributed by atoms with Crippen molar-refractivity contribution < 1.29 is 13.2 Å². The maximum Gasteiger partial charge on any atom is 0.317 e. The van der Waals surface area contributed by atoms with Crippen LogP contribution in [0.1, 0.15) is 37.7 Å². The second kappa shape index (κ2) is 8.64. The zero-order valence-corrected chi connectivity index (χ0v) is 19.1. The van der Waals surface area contributed by atoms with Crippen LogP contribution in [-0.2, 0) is 10.0 Å². The fraction of sp³-hybridized carbons (Fsp3) is 0.333. The van der Waals surface area contributed by atoms with Crippen LogP contribution in [0.25, 0.3) is 27.7 Å². The molecule has 2 aromatic heterocycles. The van der Waals surface area contributed by atoms with Crippen LogP contribution in [0.4, 0.5) is 4.79 Å². The lowest BCUT2D eigenvalue weighted by Crippen LogP contribution is -2.45. The highest BCUT2D eigenvalue weighted by Gasteiger charge is 2.23. The number of hydrogen-bond donors (Lipinski definition) is 3. The molecule has 3 aromatic rings. The Hall–Kier alpha value is -3.17. The number of nitrogens with one attached hydrogen (secondary N) is 2. The summed E-state index contributed by atoms with van der Waals surface area (Å²) in [7, 11) is -3.73. The number of aromatic nitrogens is 2. The molecule has 5 rings (SSSR count). The molecule has 1 aliphatic heterocycles. The summed E-state index contributed by atoms with van der Waals surface area (Å²) >= 11 is 0. The topological polar surface area (TPSA) is 121 Å². The number of nitrogens with zero attached hydrogens (tertiary/aromatic N) is 2. The fourth-order valence-electron chi connectivity index (χ4n) is 4.70. The monoisotopic (exact) mass is 465 g/mol. The SMILES string of the molecule is NS(=O)(=O)c1ccc(-c2cnc3[nH]cc(C4=CCN(C(=O)NC5CCCC5)CC4)c3c2)cc1. The molecule has 0 radical (unpaired) electrons. The van der Waals surface area contributed by atoms with Gasteiger partial charge in [0.2, 0.25) is 10.0 Å². The molecule has 0 saturated heterocycles. The third-order valence-electron chi connectivity index (χ3n) is 6.57. The Morgan fingerprint density at radius 3 is 2.58 bits per heavy atom. The van der Waals surface area contributed by atoms with Crippen molar-refractivity contribution in [2.24, 2.45) is 5.14 Å². The molecule has 4 N–H and O–H groups in total. The molecule has 1 aromatic carbocycles. The fourth-order valence-corrected chi connectivity index (χ4v) is 5.21. The predicted molar refractivity (Wildman–Crippen MR) is 128 cm³/mol. The number of aromatic amines is 1. The molecule has 1 aliphatic carbocycles. The molecule has 2 aliphatic rings. The Morgan fingerprint density at radius 2 is 1.91 bits per heavy atom. The largest absolute Gasteiger partial charge is 0.346 e. The molecule has 9 heteroatoms. The Kier molecular flexibility index (Phi) is 5.67. The van der Waals surface area contributed by atoms with Crippen molar-refractivity contribution in [3.8, 4) is 11.1 Å². The van der Waals surface area contributed by atoms with Gasteiger partial charge in [-0.25, -0.2) is 23.3 Å². The maximum absolute atomic E-state index is 12.6. The number of primary sulfonamides is 1. The third-order valence-corrected chi connectivity index (χ3v) is 7.50. The van der Waals surface area contributed by atoms with E-state index >= 15 is 0 Å². The first-order chi connectivity index (χ1) is 15.9. The van der Waals surface area contributed by atoms with Gasteiger partial charge >= 0.3 is 6.03 Å². The molecule has 0 unspecified atom stereocenters. The molecule has 1 saturated carbocycles. The molecule has 0 atom stereocenters. The third kappa shape index (κ3) is 4.51. The van der Waals surface area contributed by atoms with Gasteiger partial charge in [-0.3, -0.25) is 0 Å². The predicted octanol–water partition coefficient (Wildman–Crippen LogP) is 3.62. The van der Waals surface area contributed by atoms with Gasteiger partial charge < -0.3 is 15.2 Å². The van der Waals surface area contributed by atoms with Crippen molar-refractivity contribution in [1.29, 1.82) is 0 Å². The second-order valence-corrected chi connectivity index (χ2v) is 10.3. The van der Waals surface area contributed by atoms with Gasteiger partial charge in [0, 0.05) is 48.0 Å². The van der Waals surface area contributed by atoms with Crippen molar-refractivity contribution in [2.45, 2.75) is 43.0 Å². The van der Waals surface area contributed by atoms with E-state index in [1.165, 1.54) is 30.5 Å². The Morgan fingerprint density at radius 1 is 1.15 bits per heavy atom. The highest BCUT2D eigenvalue weighted by Crippen LogP contribution is 2.31. The molecular weight excluding hydrogens is 438 g/mol. The molecule has 3 heterocycles. The van der Waals surface area contributed by atoms with Crippen molar-refractivity contribution >= 4 is 32.7 Å². The summed E-state index contributed by atoms with van der Waals surface area (Å²) in [5.41, 5.74) is 4.80. The smallest absolute Gasteiger partial charge is 0.317 e. The standard InChI is InChI=1S/C24H27N5O3S/c25-33(31,32)20-7-5-16(6-8-20)18-13-21-22(15-27-23(21)26-14-18)17-9-11-29(12-10-17)24(30)28-19-3-1-2-4-19/h5-9,13-15,19H,1-4,10-12H2,(H,26,27)(H,28,30)(H2,25,31,32). The number of H-pyrrole nitrogens is 1. The second-order valence-electron chi connectivity index (χ2n) is 8.75. The van der Waals surface area contributed by atoms with Crippen LogP contribution in [0.2, 0.25) is 0 Å². The Labute approximate surface area is 192 Å². The van der Waals surface area contributed by atoms with Crippen molar-refractivity contribution in [3.63, 3.8) is 0 Å². The zero-order chi connectivity index (χ0) is 23.0. The average Bonchev–Trinajstić information content (AvgIpc) is 3.48. The van der Waals surface area contributed by atoms with E-state index in [1.807, 2.05) is 11.1 Å². The number of hydrogen-bond acceptors (Lipinski definition) is 4. The van der Waals surface area contributed by atoms with Crippen LogP contribution in [0.3, 0.4) is 0 Å². The van der Waals surface area contributed by atoms with Crippen molar-refractivity contribution in [3.05, 3.63) is 54.4 Å². The van der Waals surface area contributed by atoms with Crippen molar-refractivity contribution in [1.82, 2.24) is 20.2 Å². The highest BCUT2D eigenvalue weighted by molar-refractivity contribution is 7.89. The summed E-state index contributed by atoms with van der Waals surface area (Å²) in [6.45, 7) is 1.27. The van der Waals surface area contributed by atoms with Crippen LogP contribution in [0.15, 0.2) is 53.7 Å². The molecular formula is C24H27N5O3S. The first kappa shape index (κ1) is 21.7. The minimum atomic E-state index is -3.73. The molecule has 2 amide bonds. The van der Waals surface area contributed by atoms with Gasteiger partial charge in [0.15, 0.2) is 0 Å². The summed E-state index contributed by atoms with van der Waals surface area (Å²) < 4.78 is 23.0. The number of benzene rings is 1. The molecule has 33 heavy (non-hydrogen) atoms. The lowest BCUT2D eigenvalue weighted by molar-refractivity contribution is 0.199. The molecule has 8 nitrogen and oxygen atoms in total. The summed E-state index contributed by atoms with van der Waals surface area (Å²) in [5.74, 6) is 0. The van der Waals surface area contributed by atoms with E-state index in [2.05, 4.69) is 27.4 Å². The van der Waals surface area contributed by atoms with E-state index < -0.39 is 10.0 Å². The van der Waals surface area contributed by atoms with Gasteiger partial charge in [-0.2, -0.15) is 0 Å². The van der Waals surface area contributed by atoms with E-state index in [0.717, 1.165) is 47.0 Å². The molecule has 172 valence electrons. The summed E-state index contributed by atoms with van der Waals surface area (Å²) in [5, 5.41) is 9.36. The first-order valence-electron chi connectivity index (χ1n) is 11.2. The van der Waals surface area contributed by atoms with Crippen LogP contribution >= 0.6 is 0 Å². The molecule has 0 bridgehead atoms. The number of pyridine rings is 1. The summed E-state index contributed by atoms with van der Waals surface area (Å²) in [6, 6.07) is 8.87. The number of amides is 2. The van der Waals surface area contributed by atoms with E-state index in [-0.39, 0.29) is 10.9 Å². The summed E-state index contributed by atoms with van der Waals surface area (Å²) in [4.78, 5) is 22.3. The maximum atomic E-state index is 12.6. The molecule has 0 spiro atoms. The summed E-state index contributed by atoms with van der Waals surface area (Å²) in [6.07, 6.45) is 11.2. The van der Waals surface area contributed by atoms with Crippen LogP contribution in [-0.4, -0.2) is 48.4 Å². The minimum absolute atomic E-state index is 0.0306. The number of urea groups is 1. The number of fused-ring (bicyclic) bond motifs is 1. The normalized spacial score (nSPS) is 17.4. The van der Waals surface area contributed by atoms with E-state index in [4.69, 9.17) is 5.14 Å². The van der Waals surface area contributed by atoms with E-state index in [0.29, 0.717) is 19.1 Å². The van der Waals surface area contributed by atoms with E-state index in [1.54, 1.807) is 18.3 Å². The van der Waals surface area contributed by atoms with Gasteiger partial charge in [0.1, 0.15) is 5.65 Å². The van der Waals surface area contributed by atoms with Crippen LogP contribution < -0.4 is 10.5 Å². The van der Waals surface area contributed by atoms with Crippen LogP contribution in [0.5, 0.6) is 0 Å². The average molecular weight is 466 g/mol.